The monoisotopic (exact) mass is 267 g/mol. The van der Waals surface area contributed by atoms with E-state index in [1.165, 1.54) is 32.4 Å². The van der Waals surface area contributed by atoms with Gasteiger partial charge in [-0.3, -0.25) is 4.79 Å². The lowest BCUT2D eigenvalue weighted by Gasteiger charge is -2.40. The zero-order valence-electron chi connectivity index (χ0n) is 12.3. The second-order valence-corrected chi connectivity index (χ2v) is 6.05. The quantitative estimate of drug-likeness (QED) is 0.841. The molecule has 2 N–H and O–H groups in total. The number of amides is 1. The molecule has 2 heterocycles. The minimum atomic E-state index is -0.281. The molecule has 2 fully saturated rings. The van der Waals surface area contributed by atoms with Crippen LogP contribution in [0.3, 0.4) is 0 Å². The summed E-state index contributed by atoms with van der Waals surface area (Å²) in [5.41, 5.74) is 5.93. The minimum absolute atomic E-state index is 0.166. The van der Waals surface area contributed by atoms with Crippen molar-refractivity contribution in [3.63, 3.8) is 0 Å². The summed E-state index contributed by atoms with van der Waals surface area (Å²) in [4.78, 5) is 16.8. The molecule has 0 aromatic rings. The molecule has 0 spiro atoms. The van der Waals surface area contributed by atoms with Gasteiger partial charge in [0.1, 0.15) is 0 Å². The van der Waals surface area contributed by atoms with E-state index in [0.29, 0.717) is 6.04 Å². The van der Waals surface area contributed by atoms with Crippen molar-refractivity contribution in [1.29, 1.82) is 0 Å². The van der Waals surface area contributed by atoms with E-state index < -0.39 is 0 Å². The smallest absolute Gasteiger partial charge is 0.239 e. The number of hydrogen-bond acceptors (Lipinski definition) is 3. The van der Waals surface area contributed by atoms with Crippen LogP contribution in [0.4, 0.5) is 0 Å². The Morgan fingerprint density at radius 1 is 1.16 bits per heavy atom. The average molecular weight is 267 g/mol. The summed E-state index contributed by atoms with van der Waals surface area (Å²) in [5, 5.41) is 0. The highest BCUT2D eigenvalue weighted by Gasteiger charge is 2.29. The van der Waals surface area contributed by atoms with E-state index in [-0.39, 0.29) is 11.9 Å². The van der Waals surface area contributed by atoms with Crippen molar-refractivity contribution in [2.24, 2.45) is 5.73 Å². The Labute approximate surface area is 117 Å². The molecule has 0 bridgehead atoms. The van der Waals surface area contributed by atoms with Crippen LogP contribution < -0.4 is 5.73 Å². The Morgan fingerprint density at radius 3 is 2.37 bits per heavy atom. The van der Waals surface area contributed by atoms with Crippen LogP contribution in [0.5, 0.6) is 0 Å². The van der Waals surface area contributed by atoms with Crippen molar-refractivity contribution in [2.45, 2.75) is 64.0 Å². The van der Waals surface area contributed by atoms with Crippen LogP contribution in [-0.2, 0) is 4.79 Å². The number of carbonyl (C=O) groups is 1. The van der Waals surface area contributed by atoms with Gasteiger partial charge < -0.3 is 15.5 Å². The van der Waals surface area contributed by atoms with E-state index >= 15 is 0 Å². The van der Waals surface area contributed by atoms with E-state index in [0.717, 1.165) is 38.8 Å². The van der Waals surface area contributed by atoms with Gasteiger partial charge in [-0.2, -0.15) is 0 Å². The standard InChI is InChI=1S/C15H29N3O/c1-2-6-14(16)15(19)18-11-7-13(8-12-18)17-9-4-3-5-10-17/h13-14H,2-12,16H2,1H3/t14-/m0/s1. The third-order valence-corrected chi connectivity index (χ3v) is 4.60. The summed E-state index contributed by atoms with van der Waals surface area (Å²) >= 11 is 0. The fourth-order valence-corrected chi connectivity index (χ4v) is 3.40. The van der Waals surface area contributed by atoms with Crippen LogP contribution in [-0.4, -0.2) is 54.0 Å². The van der Waals surface area contributed by atoms with Crippen LogP contribution in [0.15, 0.2) is 0 Å². The molecule has 19 heavy (non-hydrogen) atoms. The Bertz CT molecular complexity index is 281. The maximum Gasteiger partial charge on any atom is 0.239 e. The molecule has 2 aliphatic rings. The van der Waals surface area contributed by atoms with Gasteiger partial charge >= 0.3 is 0 Å². The number of piperidine rings is 2. The molecule has 2 aliphatic heterocycles. The van der Waals surface area contributed by atoms with E-state index in [1.54, 1.807) is 0 Å². The third-order valence-electron chi connectivity index (χ3n) is 4.60. The Kier molecular flexibility index (Phi) is 5.64. The summed E-state index contributed by atoms with van der Waals surface area (Å²) in [6, 6.07) is 0.420. The highest BCUT2D eigenvalue weighted by atomic mass is 16.2. The first-order chi connectivity index (χ1) is 9.22. The molecule has 2 rings (SSSR count). The summed E-state index contributed by atoms with van der Waals surface area (Å²) in [7, 11) is 0. The van der Waals surface area contributed by atoms with Crippen LogP contribution in [0.1, 0.15) is 51.9 Å². The van der Waals surface area contributed by atoms with Crippen molar-refractivity contribution >= 4 is 5.91 Å². The molecule has 0 unspecified atom stereocenters. The minimum Gasteiger partial charge on any atom is -0.341 e. The largest absolute Gasteiger partial charge is 0.341 e. The molecule has 4 nitrogen and oxygen atoms in total. The molecule has 1 amide bonds. The lowest BCUT2D eigenvalue weighted by atomic mass is 9.99. The van der Waals surface area contributed by atoms with Crippen LogP contribution in [0.25, 0.3) is 0 Å². The number of nitrogens with two attached hydrogens (primary N) is 1. The van der Waals surface area contributed by atoms with E-state index in [9.17, 15) is 4.79 Å². The number of carbonyl (C=O) groups excluding carboxylic acids is 1. The molecule has 1 atom stereocenters. The van der Waals surface area contributed by atoms with Gasteiger partial charge in [-0.15, -0.1) is 0 Å². The van der Waals surface area contributed by atoms with Crippen LogP contribution >= 0.6 is 0 Å². The molecule has 2 saturated heterocycles. The number of rotatable bonds is 4. The topological polar surface area (TPSA) is 49.6 Å². The van der Waals surface area contributed by atoms with E-state index in [4.69, 9.17) is 5.73 Å². The predicted octanol–water partition coefficient (Wildman–Crippen LogP) is 1.59. The van der Waals surface area contributed by atoms with Crippen LogP contribution in [0.2, 0.25) is 0 Å². The fraction of sp³-hybridized carbons (Fsp3) is 0.933. The summed E-state index contributed by atoms with van der Waals surface area (Å²) in [6.07, 6.45) is 8.14. The van der Waals surface area contributed by atoms with Gasteiger partial charge in [0.15, 0.2) is 0 Å². The maximum atomic E-state index is 12.2. The summed E-state index contributed by atoms with van der Waals surface area (Å²) in [5.74, 6) is 0.166. The van der Waals surface area contributed by atoms with Crippen molar-refractivity contribution in [3.8, 4) is 0 Å². The second-order valence-electron chi connectivity index (χ2n) is 6.05. The molecule has 0 radical (unpaired) electrons. The van der Waals surface area contributed by atoms with Crippen molar-refractivity contribution in [2.75, 3.05) is 26.2 Å². The second kappa shape index (κ2) is 7.25. The summed E-state index contributed by atoms with van der Waals surface area (Å²) < 4.78 is 0. The summed E-state index contributed by atoms with van der Waals surface area (Å²) in [6.45, 7) is 6.40. The van der Waals surface area contributed by atoms with E-state index in [2.05, 4.69) is 11.8 Å². The normalized spacial score (nSPS) is 24.4. The lowest BCUT2D eigenvalue weighted by Crippen LogP contribution is -2.51. The highest BCUT2D eigenvalue weighted by molar-refractivity contribution is 5.81. The third kappa shape index (κ3) is 3.93. The molecule has 0 saturated carbocycles. The van der Waals surface area contributed by atoms with Crippen molar-refractivity contribution in [3.05, 3.63) is 0 Å². The number of hydrogen-bond donors (Lipinski definition) is 1. The van der Waals surface area contributed by atoms with Gasteiger partial charge in [0, 0.05) is 19.1 Å². The average Bonchev–Trinajstić information content (AvgIpc) is 2.48. The molecule has 0 aromatic carbocycles. The van der Waals surface area contributed by atoms with Crippen molar-refractivity contribution in [1.82, 2.24) is 9.80 Å². The molecule has 0 aromatic heterocycles. The van der Waals surface area contributed by atoms with Gasteiger partial charge in [-0.1, -0.05) is 19.8 Å². The lowest BCUT2D eigenvalue weighted by molar-refractivity contribution is -0.134. The number of likely N-dealkylation sites (tertiary alicyclic amines) is 2. The van der Waals surface area contributed by atoms with Gasteiger partial charge in [0.2, 0.25) is 5.91 Å². The zero-order valence-corrected chi connectivity index (χ0v) is 12.3. The van der Waals surface area contributed by atoms with Gasteiger partial charge in [-0.05, 0) is 45.2 Å². The maximum absolute atomic E-state index is 12.2. The van der Waals surface area contributed by atoms with Gasteiger partial charge in [0.05, 0.1) is 6.04 Å². The molecule has 4 heteroatoms. The Balaban J connectivity index is 1.76. The zero-order chi connectivity index (χ0) is 13.7. The predicted molar refractivity (Wildman–Crippen MR) is 77.9 cm³/mol. The van der Waals surface area contributed by atoms with Gasteiger partial charge in [-0.25, -0.2) is 0 Å². The molecule has 110 valence electrons. The Hall–Kier alpha value is -0.610. The van der Waals surface area contributed by atoms with Crippen LogP contribution in [0, 0.1) is 0 Å². The fourth-order valence-electron chi connectivity index (χ4n) is 3.40. The molecular formula is C15H29N3O. The van der Waals surface area contributed by atoms with Crippen molar-refractivity contribution < 1.29 is 4.79 Å². The highest BCUT2D eigenvalue weighted by Crippen LogP contribution is 2.21. The first kappa shape index (κ1) is 14.8. The first-order valence-corrected chi connectivity index (χ1v) is 8.00. The van der Waals surface area contributed by atoms with E-state index in [1.807, 2.05) is 4.90 Å². The van der Waals surface area contributed by atoms with Gasteiger partial charge in [0.25, 0.3) is 0 Å². The Morgan fingerprint density at radius 2 is 1.79 bits per heavy atom. The first-order valence-electron chi connectivity index (χ1n) is 8.00. The molecule has 0 aliphatic carbocycles. The SMILES string of the molecule is CCC[C@H](N)C(=O)N1CCC(N2CCCCC2)CC1. The molecular weight excluding hydrogens is 238 g/mol. The number of nitrogens with zero attached hydrogens (tertiary/aromatic N) is 2.